The lowest BCUT2D eigenvalue weighted by atomic mass is 9.97. The molecule has 0 aromatic carbocycles. The van der Waals surface area contributed by atoms with Crippen molar-refractivity contribution in [1.82, 2.24) is 10.3 Å². The third-order valence-electron chi connectivity index (χ3n) is 2.06. The zero-order valence-corrected chi connectivity index (χ0v) is 10.1. The lowest BCUT2D eigenvalue weighted by Gasteiger charge is -2.18. The lowest BCUT2D eigenvalue weighted by molar-refractivity contribution is 0.0995. The smallest absolute Gasteiger partial charge is 0.267 e. The van der Waals surface area contributed by atoms with Gasteiger partial charge in [-0.15, -0.1) is 0 Å². The van der Waals surface area contributed by atoms with Crippen molar-refractivity contribution in [2.45, 2.75) is 27.3 Å². The highest BCUT2D eigenvalue weighted by Gasteiger charge is 2.09. The van der Waals surface area contributed by atoms with Crippen molar-refractivity contribution in [3.63, 3.8) is 0 Å². The molecule has 1 aromatic heterocycles. The first kappa shape index (κ1) is 12.6. The van der Waals surface area contributed by atoms with Crippen molar-refractivity contribution in [1.29, 1.82) is 0 Å². The van der Waals surface area contributed by atoms with Crippen LogP contribution < -0.4 is 11.1 Å². The molecule has 1 aromatic rings. The number of nitrogens with one attached hydrogen (secondary N) is 1. The van der Waals surface area contributed by atoms with Gasteiger partial charge in [-0.2, -0.15) is 0 Å². The molecule has 0 aliphatic rings. The molecule has 0 radical (unpaired) electrons. The molecule has 0 atom stereocenters. The summed E-state index contributed by atoms with van der Waals surface area (Å²) in [5, 5.41) is 3.33. The fourth-order valence-electron chi connectivity index (χ4n) is 1.26. The fraction of sp³-hybridized carbons (Fsp3) is 0.500. The fourth-order valence-corrected chi connectivity index (χ4v) is 1.26. The summed E-state index contributed by atoms with van der Waals surface area (Å²) in [6, 6.07) is 3.51. The Morgan fingerprint density at radius 3 is 2.56 bits per heavy atom. The molecule has 3 N–H and O–H groups in total. The van der Waals surface area contributed by atoms with Crippen LogP contribution in [0.5, 0.6) is 0 Å². The van der Waals surface area contributed by atoms with Crippen molar-refractivity contribution in [3.8, 4) is 0 Å². The Labute approximate surface area is 96.3 Å². The van der Waals surface area contributed by atoms with E-state index in [2.05, 4.69) is 31.1 Å². The van der Waals surface area contributed by atoms with E-state index in [1.165, 1.54) is 0 Å². The Balaban J connectivity index is 2.47. The summed E-state index contributed by atoms with van der Waals surface area (Å²) in [7, 11) is 0. The summed E-state index contributed by atoms with van der Waals surface area (Å²) < 4.78 is 0. The molecule has 0 aliphatic carbocycles. The molecule has 0 aliphatic heterocycles. The van der Waals surface area contributed by atoms with Gasteiger partial charge in [-0.05, 0) is 17.0 Å². The maximum atomic E-state index is 10.8. The van der Waals surface area contributed by atoms with Crippen LogP contribution in [0.25, 0.3) is 0 Å². The van der Waals surface area contributed by atoms with Crippen molar-refractivity contribution < 1.29 is 4.79 Å². The van der Waals surface area contributed by atoms with E-state index in [9.17, 15) is 4.79 Å². The summed E-state index contributed by atoms with van der Waals surface area (Å²) in [4.78, 5) is 14.8. The molecular weight excluding hydrogens is 202 g/mol. The first-order valence-electron chi connectivity index (χ1n) is 5.34. The van der Waals surface area contributed by atoms with Crippen LogP contribution in [0.3, 0.4) is 0 Å². The van der Waals surface area contributed by atoms with Gasteiger partial charge in [-0.25, -0.2) is 0 Å². The summed E-state index contributed by atoms with van der Waals surface area (Å²) in [6.07, 6.45) is 1.68. The second-order valence-corrected chi connectivity index (χ2v) is 5.08. The van der Waals surface area contributed by atoms with Gasteiger partial charge in [0.15, 0.2) is 0 Å². The predicted molar refractivity (Wildman–Crippen MR) is 63.9 cm³/mol. The third-order valence-corrected chi connectivity index (χ3v) is 2.06. The highest BCUT2D eigenvalue weighted by molar-refractivity contribution is 5.90. The number of rotatable bonds is 4. The van der Waals surface area contributed by atoms with Gasteiger partial charge in [0.25, 0.3) is 5.91 Å². The Kier molecular flexibility index (Phi) is 4.01. The lowest BCUT2D eigenvalue weighted by Crippen LogP contribution is -2.26. The van der Waals surface area contributed by atoms with Crippen molar-refractivity contribution >= 4 is 5.91 Å². The maximum Gasteiger partial charge on any atom is 0.267 e. The molecule has 88 valence electrons. The van der Waals surface area contributed by atoms with E-state index in [1.54, 1.807) is 12.3 Å². The van der Waals surface area contributed by atoms with Crippen LogP contribution in [0.15, 0.2) is 18.3 Å². The van der Waals surface area contributed by atoms with Gasteiger partial charge in [-0.1, -0.05) is 26.8 Å². The number of carbonyl (C=O) groups excluding carboxylic acids is 1. The predicted octanol–water partition coefficient (Wildman–Crippen LogP) is 1.32. The molecule has 0 saturated heterocycles. The number of hydrogen-bond acceptors (Lipinski definition) is 3. The van der Waals surface area contributed by atoms with Gasteiger partial charge < -0.3 is 11.1 Å². The van der Waals surface area contributed by atoms with Gasteiger partial charge >= 0.3 is 0 Å². The second kappa shape index (κ2) is 5.07. The highest BCUT2D eigenvalue weighted by Crippen LogP contribution is 2.10. The molecule has 0 unspecified atom stereocenters. The van der Waals surface area contributed by atoms with E-state index in [1.807, 2.05) is 6.07 Å². The molecule has 0 spiro atoms. The number of carbonyl (C=O) groups is 1. The van der Waals surface area contributed by atoms with Crippen molar-refractivity contribution in [3.05, 3.63) is 29.6 Å². The molecule has 4 nitrogen and oxygen atoms in total. The van der Waals surface area contributed by atoms with Crippen LogP contribution in [0.4, 0.5) is 0 Å². The first-order chi connectivity index (χ1) is 7.38. The van der Waals surface area contributed by atoms with E-state index in [0.29, 0.717) is 5.69 Å². The maximum absolute atomic E-state index is 10.8. The molecular formula is C12H19N3O. The zero-order chi connectivity index (χ0) is 12.2. The summed E-state index contributed by atoms with van der Waals surface area (Å²) in [6.45, 7) is 8.21. The minimum Gasteiger partial charge on any atom is -0.364 e. The molecule has 4 heteroatoms. The van der Waals surface area contributed by atoms with Gasteiger partial charge in [0.2, 0.25) is 0 Å². The number of hydrogen-bond donors (Lipinski definition) is 2. The molecule has 0 bridgehead atoms. The molecule has 1 rings (SSSR count). The SMILES string of the molecule is CC(C)(C)CNCc1ccc(C(N)=O)nc1. The number of primary amides is 1. The minimum atomic E-state index is -0.491. The first-order valence-corrected chi connectivity index (χ1v) is 5.34. The van der Waals surface area contributed by atoms with Gasteiger partial charge in [0, 0.05) is 19.3 Å². The van der Waals surface area contributed by atoms with E-state index < -0.39 is 5.91 Å². The second-order valence-electron chi connectivity index (χ2n) is 5.08. The minimum absolute atomic E-state index is 0.264. The van der Waals surface area contributed by atoms with Gasteiger partial charge in [-0.3, -0.25) is 9.78 Å². The van der Waals surface area contributed by atoms with Crippen LogP contribution in [0.1, 0.15) is 36.8 Å². The van der Waals surface area contributed by atoms with Crippen LogP contribution in [-0.4, -0.2) is 17.4 Å². The van der Waals surface area contributed by atoms with Crippen LogP contribution >= 0.6 is 0 Å². The Morgan fingerprint density at radius 1 is 1.44 bits per heavy atom. The standard InChI is InChI=1S/C12H19N3O/c1-12(2,3)8-14-6-9-4-5-10(11(13)16)15-7-9/h4-5,7,14H,6,8H2,1-3H3,(H2,13,16). The summed E-state index contributed by atoms with van der Waals surface area (Å²) in [5.74, 6) is -0.491. The number of amides is 1. The molecule has 16 heavy (non-hydrogen) atoms. The van der Waals surface area contributed by atoms with E-state index in [4.69, 9.17) is 5.73 Å². The van der Waals surface area contributed by atoms with Crippen LogP contribution in [0.2, 0.25) is 0 Å². The Hall–Kier alpha value is -1.42. The van der Waals surface area contributed by atoms with Crippen LogP contribution in [-0.2, 0) is 6.54 Å². The van der Waals surface area contributed by atoms with Gasteiger partial charge in [0.05, 0.1) is 0 Å². The normalized spacial score (nSPS) is 11.4. The van der Waals surface area contributed by atoms with Gasteiger partial charge in [0.1, 0.15) is 5.69 Å². The monoisotopic (exact) mass is 221 g/mol. The Morgan fingerprint density at radius 2 is 2.12 bits per heavy atom. The summed E-state index contributed by atoms with van der Waals surface area (Å²) >= 11 is 0. The van der Waals surface area contributed by atoms with Crippen LogP contribution in [0, 0.1) is 5.41 Å². The number of aromatic nitrogens is 1. The average molecular weight is 221 g/mol. The molecule has 1 amide bonds. The topological polar surface area (TPSA) is 68.0 Å². The number of nitrogens with zero attached hydrogens (tertiary/aromatic N) is 1. The highest BCUT2D eigenvalue weighted by atomic mass is 16.1. The van der Waals surface area contributed by atoms with E-state index >= 15 is 0 Å². The van der Waals surface area contributed by atoms with E-state index in [-0.39, 0.29) is 5.41 Å². The van der Waals surface area contributed by atoms with Crippen molar-refractivity contribution in [2.75, 3.05) is 6.54 Å². The Bertz CT molecular complexity index is 352. The van der Waals surface area contributed by atoms with Crippen molar-refractivity contribution in [2.24, 2.45) is 11.1 Å². The average Bonchev–Trinajstić information content (AvgIpc) is 2.16. The number of nitrogens with two attached hydrogens (primary N) is 1. The van der Waals surface area contributed by atoms with E-state index in [0.717, 1.165) is 18.7 Å². The molecule has 0 saturated carbocycles. The largest absolute Gasteiger partial charge is 0.364 e. The molecule has 1 heterocycles. The number of pyridine rings is 1. The molecule has 0 fully saturated rings. The zero-order valence-electron chi connectivity index (χ0n) is 10.1. The third kappa shape index (κ3) is 4.40. The quantitative estimate of drug-likeness (QED) is 0.805. The summed E-state index contributed by atoms with van der Waals surface area (Å²) in [5.41, 5.74) is 6.72.